The van der Waals surface area contributed by atoms with E-state index in [0.717, 1.165) is 22.6 Å². The van der Waals surface area contributed by atoms with E-state index in [1.54, 1.807) is 4.52 Å². The minimum atomic E-state index is -0.0920. The van der Waals surface area contributed by atoms with Gasteiger partial charge in [0.25, 0.3) is 0 Å². The van der Waals surface area contributed by atoms with E-state index in [-0.39, 0.29) is 18.9 Å². The van der Waals surface area contributed by atoms with Crippen LogP contribution >= 0.6 is 0 Å². The molecule has 7 nitrogen and oxygen atoms in total. The summed E-state index contributed by atoms with van der Waals surface area (Å²) in [5.41, 5.74) is 4.59. The molecule has 4 aromatic rings. The van der Waals surface area contributed by atoms with Crippen molar-refractivity contribution in [3.8, 4) is 17.0 Å². The van der Waals surface area contributed by atoms with E-state index in [2.05, 4.69) is 32.7 Å². The normalized spacial score (nSPS) is 10.9. The molecule has 30 heavy (non-hydrogen) atoms. The lowest BCUT2D eigenvalue weighted by molar-refractivity contribution is -0.120. The molecule has 0 bridgehead atoms. The summed E-state index contributed by atoms with van der Waals surface area (Å²) >= 11 is 0. The standard InChI is InChI=1S/C23H23N5O2/c1-3-30-19-10-6-17(7-11-19)14-23(29)24-15-22-26-25-21-13-12-20(27-28(21)22)18-8-4-16(2)5-9-18/h4-13H,3,14-15H2,1-2H3,(H,24,29). The van der Waals surface area contributed by atoms with Gasteiger partial charge < -0.3 is 10.1 Å². The van der Waals surface area contributed by atoms with Crippen molar-refractivity contribution >= 4 is 11.6 Å². The Morgan fingerprint density at radius 2 is 1.77 bits per heavy atom. The fourth-order valence-electron chi connectivity index (χ4n) is 3.12. The Morgan fingerprint density at radius 3 is 2.50 bits per heavy atom. The van der Waals surface area contributed by atoms with Crippen LogP contribution in [0.15, 0.2) is 60.7 Å². The van der Waals surface area contributed by atoms with E-state index in [1.165, 1.54) is 5.56 Å². The number of hydrogen-bond donors (Lipinski definition) is 1. The number of carbonyl (C=O) groups excluding carboxylic acids is 1. The second-order valence-corrected chi connectivity index (χ2v) is 7.00. The maximum atomic E-state index is 12.4. The van der Waals surface area contributed by atoms with E-state index in [0.29, 0.717) is 18.1 Å². The van der Waals surface area contributed by atoms with Crippen molar-refractivity contribution in [1.82, 2.24) is 25.1 Å². The molecule has 2 aromatic heterocycles. The first-order valence-corrected chi connectivity index (χ1v) is 9.89. The fourth-order valence-corrected chi connectivity index (χ4v) is 3.12. The van der Waals surface area contributed by atoms with Gasteiger partial charge in [0.2, 0.25) is 5.91 Å². The Morgan fingerprint density at radius 1 is 1.00 bits per heavy atom. The summed E-state index contributed by atoms with van der Waals surface area (Å²) in [5.74, 6) is 1.29. The van der Waals surface area contributed by atoms with Crippen molar-refractivity contribution in [1.29, 1.82) is 0 Å². The maximum Gasteiger partial charge on any atom is 0.224 e. The summed E-state index contributed by atoms with van der Waals surface area (Å²) in [4.78, 5) is 12.4. The number of carbonyl (C=O) groups is 1. The van der Waals surface area contributed by atoms with Crippen LogP contribution in [0.2, 0.25) is 0 Å². The summed E-state index contributed by atoms with van der Waals surface area (Å²) < 4.78 is 7.10. The Hall–Kier alpha value is -3.74. The number of nitrogens with zero attached hydrogens (tertiary/aromatic N) is 4. The minimum absolute atomic E-state index is 0.0920. The zero-order chi connectivity index (χ0) is 20.9. The fraction of sp³-hybridized carbons (Fsp3) is 0.217. The summed E-state index contributed by atoms with van der Waals surface area (Å²) in [6, 6.07) is 19.5. The number of aryl methyl sites for hydroxylation is 1. The number of fused-ring (bicyclic) bond motifs is 1. The van der Waals surface area contributed by atoms with Crippen LogP contribution < -0.4 is 10.1 Å². The first-order chi connectivity index (χ1) is 14.6. The highest BCUT2D eigenvalue weighted by Crippen LogP contribution is 2.18. The van der Waals surface area contributed by atoms with E-state index in [1.807, 2.05) is 62.4 Å². The van der Waals surface area contributed by atoms with Crippen LogP contribution in [0.25, 0.3) is 16.9 Å². The molecule has 0 aliphatic carbocycles. The lowest BCUT2D eigenvalue weighted by Crippen LogP contribution is -2.25. The SMILES string of the molecule is CCOc1ccc(CC(=O)NCc2nnc3ccc(-c4ccc(C)cc4)nn23)cc1. The van der Waals surface area contributed by atoms with E-state index >= 15 is 0 Å². The quantitative estimate of drug-likeness (QED) is 0.514. The first kappa shape index (κ1) is 19.6. The van der Waals surface area contributed by atoms with E-state index in [4.69, 9.17) is 4.74 Å². The number of rotatable bonds is 7. The predicted octanol–water partition coefficient (Wildman–Crippen LogP) is 3.36. The van der Waals surface area contributed by atoms with Crippen LogP contribution in [0.4, 0.5) is 0 Å². The van der Waals surface area contributed by atoms with Gasteiger partial charge in [-0.3, -0.25) is 4.79 Å². The van der Waals surface area contributed by atoms with Gasteiger partial charge in [0.05, 0.1) is 25.3 Å². The van der Waals surface area contributed by atoms with Gasteiger partial charge in [-0.2, -0.15) is 9.61 Å². The van der Waals surface area contributed by atoms with Gasteiger partial charge in [0, 0.05) is 5.56 Å². The molecule has 152 valence electrons. The molecule has 1 N–H and O–H groups in total. The molecule has 0 unspecified atom stereocenters. The smallest absolute Gasteiger partial charge is 0.224 e. The molecule has 0 saturated carbocycles. The highest BCUT2D eigenvalue weighted by atomic mass is 16.5. The van der Waals surface area contributed by atoms with E-state index in [9.17, 15) is 4.79 Å². The number of aromatic nitrogens is 4. The molecule has 7 heteroatoms. The molecule has 0 saturated heterocycles. The molecule has 0 aliphatic rings. The molecule has 0 aliphatic heterocycles. The Bertz CT molecular complexity index is 1150. The van der Waals surface area contributed by atoms with Crippen LogP contribution in [0.3, 0.4) is 0 Å². The second-order valence-electron chi connectivity index (χ2n) is 7.00. The summed E-state index contributed by atoms with van der Waals surface area (Å²) in [6.45, 7) is 4.86. The van der Waals surface area contributed by atoms with Crippen molar-refractivity contribution in [2.45, 2.75) is 26.8 Å². The summed E-state index contributed by atoms with van der Waals surface area (Å²) in [5, 5.41) is 15.9. The monoisotopic (exact) mass is 401 g/mol. The van der Waals surface area contributed by atoms with Gasteiger partial charge in [0.15, 0.2) is 11.5 Å². The average Bonchev–Trinajstić information content (AvgIpc) is 3.17. The molecule has 4 rings (SSSR count). The first-order valence-electron chi connectivity index (χ1n) is 9.89. The van der Waals surface area contributed by atoms with Crippen LogP contribution in [0.1, 0.15) is 23.9 Å². The molecule has 2 aromatic carbocycles. The Labute approximate surface area is 174 Å². The van der Waals surface area contributed by atoms with Crippen LogP contribution in [0.5, 0.6) is 5.75 Å². The number of hydrogen-bond acceptors (Lipinski definition) is 5. The molecule has 0 fully saturated rings. The Kier molecular flexibility index (Phi) is 5.70. The molecular formula is C23H23N5O2. The van der Waals surface area contributed by atoms with Crippen molar-refractivity contribution in [2.24, 2.45) is 0 Å². The zero-order valence-corrected chi connectivity index (χ0v) is 17.0. The van der Waals surface area contributed by atoms with Crippen molar-refractivity contribution < 1.29 is 9.53 Å². The number of amides is 1. The lowest BCUT2D eigenvalue weighted by Gasteiger charge is -2.07. The molecule has 0 radical (unpaired) electrons. The minimum Gasteiger partial charge on any atom is -0.494 e. The highest BCUT2D eigenvalue weighted by Gasteiger charge is 2.11. The summed E-state index contributed by atoms with van der Waals surface area (Å²) in [7, 11) is 0. The molecule has 2 heterocycles. The van der Waals surface area contributed by atoms with Crippen molar-refractivity contribution in [2.75, 3.05) is 6.61 Å². The van der Waals surface area contributed by atoms with Crippen LogP contribution in [-0.2, 0) is 17.8 Å². The number of nitrogens with one attached hydrogen (secondary N) is 1. The second kappa shape index (κ2) is 8.73. The largest absolute Gasteiger partial charge is 0.494 e. The topological polar surface area (TPSA) is 81.4 Å². The third-order valence-electron chi connectivity index (χ3n) is 4.72. The number of ether oxygens (including phenoxy) is 1. The van der Waals surface area contributed by atoms with Crippen LogP contribution in [-0.4, -0.2) is 32.3 Å². The molecule has 0 spiro atoms. The molecular weight excluding hydrogens is 378 g/mol. The zero-order valence-electron chi connectivity index (χ0n) is 17.0. The molecule has 1 amide bonds. The average molecular weight is 401 g/mol. The van der Waals surface area contributed by atoms with Gasteiger partial charge in [-0.15, -0.1) is 10.2 Å². The highest BCUT2D eigenvalue weighted by molar-refractivity contribution is 5.78. The molecule has 0 atom stereocenters. The van der Waals surface area contributed by atoms with Crippen molar-refractivity contribution in [3.05, 3.63) is 77.6 Å². The van der Waals surface area contributed by atoms with E-state index < -0.39 is 0 Å². The van der Waals surface area contributed by atoms with Crippen molar-refractivity contribution in [3.63, 3.8) is 0 Å². The lowest BCUT2D eigenvalue weighted by atomic mass is 10.1. The third-order valence-corrected chi connectivity index (χ3v) is 4.72. The predicted molar refractivity (Wildman–Crippen MR) is 114 cm³/mol. The summed E-state index contributed by atoms with van der Waals surface area (Å²) in [6.07, 6.45) is 0.283. The van der Waals surface area contributed by atoms with Gasteiger partial charge in [0.1, 0.15) is 5.75 Å². The Balaban J connectivity index is 1.43. The van der Waals surface area contributed by atoms with Crippen LogP contribution in [0, 0.1) is 6.92 Å². The van der Waals surface area contributed by atoms with Gasteiger partial charge in [-0.25, -0.2) is 0 Å². The number of benzene rings is 2. The van der Waals surface area contributed by atoms with Gasteiger partial charge in [-0.1, -0.05) is 42.0 Å². The third kappa shape index (κ3) is 4.46. The maximum absolute atomic E-state index is 12.4. The van der Waals surface area contributed by atoms with Gasteiger partial charge in [-0.05, 0) is 43.7 Å². The van der Waals surface area contributed by atoms with Gasteiger partial charge >= 0.3 is 0 Å².